The van der Waals surface area contributed by atoms with Crippen LogP contribution in [0.15, 0.2) is 71.1 Å². The number of amides is 1. The number of hydrogen-bond donors (Lipinski definition) is 1. The minimum atomic E-state index is -4.32. The normalized spacial score (nSPS) is 11.5. The number of para-hydroxylation sites is 1. The van der Waals surface area contributed by atoms with Crippen LogP contribution >= 0.6 is 46.4 Å². The molecule has 3 aromatic rings. The molecule has 0 aromatic heterocycles. The minimum absolute atomic E-state index is 0.00380. The molecule has 11 heteroatoms. The van der Waals surface area contributed by atoms with E-state index in [0.29, 0.717) is 5.02 Å². The van der Waals surface area contributed by atoms with Gasteiger partial charge >= 0.3 is 10.1 Å². The van der Waals surface area contributed by atoms with E-state index in [9.17, 15) is 18.5 Å². The van der Waals surface area contributed by atoms with E-state index >= 15 is 0 Å². The number of nitrogens with zero attached hydrogens (tertiary/aromatic N) is 1. The van der Waals surface area contributed by atoms with E-state index in [1.54, 1.807) is 30.3 Å². The van der Waals surface area contributed by atoms with Crippen LogP contribution < -0.4 is 9.50 Å². The SMILES string of the molecule is N#C/C(=C\c1cc(Cl)cc(Cl)c1OS(=O)(=O)c1ccc(Cl)cc1)C(=O)Nc1ccccc1Cl. The average molecular weight is 542 g/mol. The van der Waals surface area contributed by atoms with Gasteiger partial charge < -0.3 is 9.50 Å². The molecule has 0 bridgehead atoms. The molecule has 0 aliphatic heterocycles. The van der Waals surface area contributed by atoms with Crippen LogP contribution in [-0.2, 0) is 14.9 Å². The first-order valence-corrected chi connectivity index (χ1v) is 11.9. The standard InChI is InChI=1S/C22H12Cl4N2O4S/c23-15-5-7-17(8-6-15)33(30,31)32-21-13(10-16(24)11-19(21)26)9-14(12-27)22(29)28-20-4-2-1-3-18(20)25/h1-11H,(H,28,29)/b14-9+. The van der Waals surface area contributed by atoms with Crippen LogP contribution in [0.5, 0.6) is 5.75 Å². The highest BCUT2D eigenvalue weighted by Gasteiger charge is 2.22. The van der Waals surface area contributed by atoms with E-state index in [-0.39, 0.29) is 42.5 Å². The van der Waals surface area contributed by atoms with Crippen molar-refractivity contribution >= 4 is 74.2 Å². The van der Waals surface area contributed by atoms with Gasteiger partial charge in [0.25, 0.3) is 5.91 Å². The Morgan fingerprint density at radius 3 is 2.24 bits per heavy atom. The number of rotatable bonds is 6. The first kappa shape index (κ1) is 24.9. The van der Waals surface area contributed by atoms with E-state index in [0.717, 1.165) is 6.08 Å². The van der Waals surface area contributed by atoms with Gasteiger partial charge in [0, 0.05) is 15.6 Å². The minimum Gasteiger partial charge on any atom is -0.377 e. The number of hydrogen-bond acceptors (Lipinski definition) is 5. The summed E-state index contributed by atoms with van der Waals surface area (Å²) in [6, 6.07) is 16.1. The zero-order valence-corrected chi connectivity index (χ0v) is 20.2. The van der Waals surface area contributed by atoms with Crippen LogP contribution in [0.1, 0.15) is 5.56 Å². The molecular weight excluding hydrogens is 530 g/mol. The quantitative estimate of drug-likeness (QED) is 0.215. The summed E-state index contributed by atoms with van der Waals surface area (Å²) in [5, 5.41) is 12.6. The Labute approximate surface area is 210 Å². The monoisotopic (exact) mass is 540 g/mol. The Hall–Kier alpha value is -2.73. The number of nitrogens with one attached hydrogen (secondary N) is 1. The molecule has 33 heavy (non-hydrogen) atoms. The van der Waals surface area contributed by atoms with Crippen molar-refractivity contribution in [2.75, 3.05) is 5.32 Å². The Kier molecular flexibility index (Phi) is 7.90. The fraction of sp³-hybridized carbons (Fsp3) is 0. The summed E-state index contributed by atoms with van der Waals surface area (Å²) in [6.45, 7) is 0. The van der Waals surface area contributed by atoms with Crippen molar-refractivity contribution in [1.29, 1.82) is 5.26 Å². The number of carbonyl (C=O) groups excluding carboxylic acids is 1. The lowest BCUT2D eigenvalue weighted by Crippen LogP contribution is -2.14. The van der Waals surface area contributed by atoms with E-state index in [1.165, 1.54) is 36.4 Å². The van der Waals surface area contributed by atoms with Gasteiger partial charge in [-0.3, -0.25) is 4.79 Å². The Balaban J connectivity index is 2.01. The molecule has 6 nitrogen and oxygen atoms in total. The Bertz CT molecular complexity index is 1400. The highest BCUT2D eigenvalue weighted by atomic mass is 35.5. The lowest BCUT2D eigenvalue weighted by atomic mass is 10.1. The van der Waals surface area contributed by atoms with Crippen LogP contribution in [0.4, 0.5) is 5.69 Å². The smallest absolute Gasteiger partial charge is 0.339 e. The highest BCUT2D eigenvalue weighted by molar-refractivity contribution is 7.87. The fourth-order valence-corrected chi connectivity index (χ4v) is 4.46. The number of carbonyl (C=O) groups is 1. The second-order valence-electron chi connectivity index (χ2n) is 6.40. The number of halogens is 4. The Morgan fingerprint density at radius 1 is 0.939 bits per heavy atom. The third-order valence-electron chi connectivity index (χ3n) is 4.12. The van der Waals surface area contributed by atoms with Crippen molar-refractivity contribution in [1.82, 2.24) is 0 Å². The molecule has 0 saturated carbocycles. The maximum absolute atomic E-state index is 12.7. The van der Waals surface area contributed by atoms with Gasteiger partial charge in [-0.05, 0) is 54.6 Å². The molecule has 0 atom stereocenters. The second-order valence-corrected chi connectivity index (χ2v) is 9.63. The third-order valence-corrected chi connectivity index (χ3v) is 6.44. The van der Waals surface area contributed by atoms with Crippen molar-refractivity contribution in [3.8, 4) is 11.8 Å². The van der Waals surface area contributed by atoms with E-state index in [2.05, 4.69) is 5.32 Å². The second kappa shape index (κ2) is 10.5. The van der Waals surface area contributed by atoms with Crippen LogP contribution in [0.25, 0.3) is 6.08 Å². The lowest BCUT2D eigenvalue weighted by Gasteiger charge is -2.13. The van der Waals surface area contributed by atoms with Crippen molar-refractivity contribution in [2.45, 2.75) is 4.90 Å². The van der Waals surface area contributed by atoms with Crippen molar-refractivity contribution < 1.29 is 17.4 Å². The van der Waals surface area contributed by atoms with Crippen LogP contribution in [0.3, 0.4) is 0 Å². The molecule has 0 spiro atoms. The Morgan fingerprint density at radius 2 is 1.61 bits per heavy atom. The zero-order valence-electron chi connectivity index (χ0n) is 16.4. The molecule has 0 saturated heterocycles. The largest absolute Gasteiger partial charge is 0.377 e. The van der Waals surface area contributed by atoms with Crippen LogP contribution in [-0.4, -0.2) is 14.3 Å². The zero-order chi connectivity index (χ0) is 24.2. The molecule has 0 aliphatic carbocycles. The van der Waals surface area contributed by atoms with E-state index in [4.69, 9.17) is 50.6 Å². The maximum Gasteiger partial charge on any atom is 0.339 e. The molecule has 0 heterocycles. The molecular formula is C22H12Cl4N2O4S. The first-order chi connectivity index (χ1) is 15.6. The number of nitriles is 1. The van der Waals surface area contributed by atoms with Gasteiger partial charge in [0.2, 0.25) is 0 Å². The van der Waals surface area contributed by atoms with Crippen molar-refractivity contribution in [3.05, 3.63) is 91.9 Å². The summed E-state index contributed by atoms with van der Waals surface area (Å²) in [7, 11) is -4.32. The molecule has 3 rings (SSSR count). The predicted octanol–water partition coefficient (Wildman–Crippen LogP) is 6.61. The summed E-state index contributed by atoms with van der Waals surface area (Å²) in [5.74, 6) is -1.09. The molecule has 0 unspecified atom stereocenters. The van der Waals surface area contributed by atoms with Gasteiger partial charge in [-0.1, -0.05) is 58.5 Å². The van der Waals surface area contributed by atoms with E-state index < -0.39 is 16.0 Å². The summed E-state index contributed by atoms with van der Waals surface area (Å²) in [5.41, 5.74) is -0.0888. The topological polar surface area (TPSA) is 96.3 Å². The van der Waals surface area contributed by atoms with E-state index in [1.807, 2.05) is 0 Å². The maximum atomic E-state index is 12.7. The third kappa shape index (κ3) is 6.20. The van der Waals surface area contributed by atoms with Gasteiger partial charge in [0.15, 0.2) is 5.75 Å². The molecule has 0 radical (unpaired) electrons. The molecule has 1 N–H and O–H groups in total. The van der Waals surface area contributed by atoms with Crippen LogP contribution in [0, 0.1) is 11.3 Å². The number of anilines is 1. The first-order valence-electron chi connectivity index (χ1n) is 8.97. The van der Waals surface area contributed by atoms with Crippen molar-refractivity contribution in [2.24, 2.45) is 0 Å². The summed E-state index contributed by atoms with van der Waals surface area (Å²) in [4.78, 5) is 12.4. The summed E-state index contributed by atoms with van der Waals surface area (Å²) in [6.07, 6.45) is 1.11. The van der Waals surface area contributed by atoms with Crippen molar-refractivity contribution in [3.63, 3.8) is 0 Å². The fourth-order valence-electron chi connectivity index (χ4n) is 2.59. The average Bonchev–Trinajstić information content (AvgIpc) is 2.76. The van der Waals surface area contributed by atoms with Gasteiger partial charge in [-0.25, -0.2) is 0 Å². The molecule has 1 amide bonds. The molecule has 0 fully saturated rings. The molecule has 0 aliphatic rings. The van der Waals surface area contributed by atoms with Gasteiger partial charge in [0.05, 0.1) is 15.7 Å². The summed E-state index contributed by atoms with van der Waals surface area (Å²) < 4.78 is 30.7. The van der Waals surface area contributed by atoms with Crippen LogP contribution in [0.2, 0.25) is 20.1 Å². The molecule has 3 aromatic carbocycles. The number of benzene rings is 3. The summed E-state index contributed by atoms with van der Waals surface area (Å²) >= 11 is 24.1. The van der Waals surface area contributed by atoms with Gasteiger partial charge in [0.1, 0.15) is 16.5 Å². The highest BCUT2D eigenvalue weighted by Crippen LogP contribution is 2.36. The predicted molar refractivity (Wildman–Crippen MR) is 129 cm³/mol. The van der Waals surface area contributed by atoms with Gasteiger partial charge in [-0.15, -0.1) is 0 Å². The van der Waals surface area contributed by atoms with Gasteiger partial charge in [-0.2, -0.15) is 13.7 Å². The molecule has 168 valence electrons. The lowest BCUT2D eigenvalue weighted by molar-refractivity contribution is -0.112.